The lowest BCUT2D eigenvalue weighted by Gasteiger charge is -2.35. The Kier molecular flexibility index (Phi) is 8.87. The number of hydrogen-bond donors (Lipinski definition) is 3. The molecule has 3 fully saturated rings. The zero-order chi connectivity index (χ0) is 29.2. The third-order valence-corrected chi connectivity index (χ3v) is 11.0. The number of aliphatic hydroxyl groups excluding tert-OH is 1. The average molecular weight is 600 g/mol. The van der Waals surface area contributed by atoms with Gasteiger partial charge in [0, 0.05) is 23.6 Å². The molecule has 5 atom stereocenters. The molecule has 0 saturated carbocycles. The molecule has 3 aliphatic rings. The normalized spacial score (nSPS) is 28.0. The quantitative estimate of drug-likeness (QED) is 0.284. The monoisotopic (exact) mass is 599 g/mol. The van der Waals surface area contributed by atoms with E-state index in [4.69, 9.17) is 21.4 Å². The van der Waals surface area contributed by atoms with Crippen LogP contribution in [0.2, 0.25) is 5.02 Å². The van der Waals surface area contributed by atoms with Crippen LogP contribution in [0, 0.1) is 11.8 Å². The van der Waals surface area contributed by atoms with Crippen LogP contribution in [-0.4, -0.2) is 63.0 Å². The van der Waals surface area contributed by atoms with E-state index in [1.165, 1.54) is 0 Å². The molecule has 3 amide bonds. The molecule has 0 aliphatic carbocycles. The van der Waals surface area contributed by atoms with E-state index < -0.39 is 27.4 Å². The molecule has 41 heavy (non-hydrogen) atoms. The Balaban J connectivity index is 1.43. The molecule has 3 saturated heterocycles. The number of hydrogen-bond acceptors (Lipinski definition) is 6. The SMILES string of the molecule is CCOc1ccc(NC(=O)[C@H]2[C@H]3C(=O)N(CCCCCCO)C(C(=O)Nc4ccccc4Cl)C34CC[C@]2(C)S4)cc1. The summed E-state index contributed by atoms with van der Waals surface area (Å²) in [6, 6.07) is 13.6. The molecule has 1 spiro atoms. The molecule has 2 bridgehead atoms. The summed E-state index contributed by atoms with van der Waals surface area (Å²) in [5.74, 6) is -1.05. The van der Waals surface area contributed by atoms with Crippen molar-refractivity contribution in [2.75, 3.05) is 30.4 Å². The molecular weight excluding hydrogens is 562 g/mol. The van der Waals surface area contributed by atoms with Gasteiger partial charge in [0.2, 0.25) is 17.7 Å². The summed E-state index contributed by atoms with van der Waals surface area (Å²) in [4.78, 5) is 43.8. The van der Waals surface area contributed by atoms with Crippen LogP contribution in [0.15, 0.2) is 48.5 Å². The van der Waals surface area contributed by atoms with Gasteiger partial charge in [-0.05, 0) is 75.9 Å². The number of benzene rings is 2. The number of nitrogens with zero attached hydrogens (tertiary/aromatic N) is 1. The van der Waals surface area contributed by atoms with Crippen LogP contribution >= 0.6 is 23.4 Å². The lowest BCUT2D eigenvalue weighted by atomic mass is 9.66. The Bertz CT molecular complexity index is 1290. The summed E-state index contributed by atoms with van der Waals surface area (Å²) >= 11 is 8.01. The highest BCUT2D eigenvalue weighted by atomic mass is 35.5. The van der Waals surface area contributed by atoms with Crippen molar-refractivity contribution in [2.24, 2.45) is 11.8 Å². The number of carbonyl (C=O) groups is 3. The van der Waals surface area contributed by atoms with E-state index in [-0.39, 0.29) is 24.3 Å². The van der Waals surface area contributed by atoms with Crippen molar-refractivity contribution >= 4 is 52.5 Å². The van der Waals surface area contributed by atoms with Crippen molar-refractivity contribution in [3.63, 3.8) is 0 Å². The molecular formula is C31H38ClN3O5S. The first-order valence-electron chi connectivity index (χ1n) is 14.4. The maximum absolute atomic E-state index is 14.2. The van der Waals surface area contributed by atoms with Gasteiger partial charge in [-0.3, -0.25) is 14.4 Å². The molecule has 3 heterocycles. The number of ether oxygens (including phenoxy) is 1. The first-order chi connectivity index (χ1) is 19.7. The van der Waals surface area contributed by atoms with Crippen molar-refractivity contribution < 1.29 is 24.2 Å². The standard InChI is InChI=1S/C31H38ClN3O5S/c1-3-40-21-14-12-20(13-15-21)33-27(37)24-25-29(39)35(18-8-4-5-9-19-36)26(31(25)17-16-30(24,2)41-31)28(38)34-23-11-7-6-10-22(23)32/h6-7,10-15,24-26,36H,3-5,8-9,16-19H2,1-2H3,(H,33,37)(H,34,38)/t24-,25+,26?,30+,31?/m1/s1. The highest BCUT2D eigenvalue weighted by Gasteiger charge is 2.77. The Morgan fingerprint density at radius 3 is 2.49 bits per heavy atom. The van der Waals surface area contributed by atoms with E-state index in [1.807, 2.05) is 19.1 Å². The second-order valence-corrected chi connectivity index (χ2v) is 13.6. The molecule has 8 nitrogen and oxygen atoms in total. The number of carbonyl (C=O) groups excluding carboxylic acids is 3. The highest BCUT2D eigenvalue weighted by Crippen LogP contribution is 2.71. The Morgan fingerprint density at radius 1 is 1.05 bits per heavy atom. The lowest BCUT2D eigenvalue weighted by molar-refractivity contribution is -0.139. The molecule has 0 radical (unpaired) electrons. The van der Waals surface area contributed by atoms with Gasteiger partial charge in [0.25, 0.3) is 0 Å². The summed E-state index contributed by atoms with van der Waals surface area (Å²) in [7, 11) is 0. The van der Waals surface area contributed by atoms with E-state index in [0.717, 1.165) is 31.4 Å². The Hall–Kier alpha value is -2.75. The predicted octanol–water partition coefficient (Wildman–Crippen LogP) is 5.35. The second-order valence-electron chi connectivity index (χ2n) is 11.3. The lowest BCUT2D eigenvalue weighted by Crippen LogP contribution is -2.51. The summed E-state index contributed by atoms with van der Waals surface area (Å²) in [6.45, 7) is 5.09. The summed E-state index contributed by atoms with van der Waals surface area (Å²) < 4.78 is 4.35. The van der Waals surface area contributed by atoms with Crippen molar-refractivity contribution in [2.45, 2.75) is 67.9 Å². The first kappa shape index (κ1) is 29.7. The minimum Gasteiger partial charge on any atom is -0.494 e. The summed E-state index contributed by atoms with van der Waals surface area (Å²) in [6.07, 6.45) is 4.53. The van der Waals surface area contributed by atoms with E-state index in [9.17, 15) is 14.4 Å². The van der Waals surface area contributed by atoms with Crippen LogP contribution < -0.4 is 15.4 Å². The number of unbranched alkanes of at least 4 members (excludes halogenated alkanes) is 3. The fourth-order valence-corrected chi connectivity index (χ4v) is 9.44. The number of anilines is 2. The molecule has 10 heteroatoms. The smallest absolute Gasteiger partial charge is 0.248 e. The average Bonchev–Trinajstić information content (AvgIpc) is 3.51. The highest BCUT2D eigenvalue weighted by molar-refractivity contribution is 8.02. The maximum Gasteiger partial charge on any atom is 0.248 e. The van der Waals surface area contributed by atoms with E-state index in [2.05, 4.69) is 17.6 Å². The largest absolute Gasteiger partial charge is 0.494 e. The second kappa shape index (κ2) is 12.2. The Labute approximate surface area is 250 Å². The van der Waals surface area contributed by atoms with Gasteiger partial charge in [-0.25, -0.2) is 0 Å². The van der Waals surface area contributed by atoms with E-state index in [0.29, 0.717) is 42.4 Å². The van der Waals surface area contributed by atoms with Crippen LogP contribution in [0.4, 0.5) is 11.4 Å². The number of amides is 3. The number of para-hydroxylation sites is 1. The van der Waals surface area contributed by atoms with Gasteiger partial charge in [0.05, 0.1) is 33.9 Å². The van der Waals surface area contributed by atoms with Crippen LogP contribution in [0.1, 0.15) is 52.4 Å². The van der Waals surface area contributed by atoms with E-state index >= 15 is 0 Å². The van der Waals surface area contributed by atoms with E-state index in [1.54, 1.807) is 53.1 Å². The summed E-state index contributed by atoms with van der Waals surface area (Å²) in [5.41, 5.74) is 1.14. The van der Waals surface area contributed by atoms with Crippen LogP contribution in [0.3, 0.4) is 0 Å². The first-order valence-corrected chi connectivity index (χ1v) is 15.6. The van der Waals surface area contributed by atoms with Crippen molar-refractivity contribution in [3.8, 4) is 5.75 Å². The van der Waals surface area contributed by atoms with Gasteiger partial charge in [-0.15, -0.1) is 11.8 Å². The van der Waals surface area contributed by atoms with Gasteiger partial charge in [0.1, 0.15) is 11.8 Å². The topological polar surface area (TPSA) is 108 Å². The number of fused-ring (bicyclic) bond motifs is 1. The molecule has 2 aromatic rings. The molecule has 220 valence electrons. The van der Waals surface area contributed by atoms with Crippen molar-refractivity contribution in [1.29, 1.82) is 0 Å². The maximum atomic E-state index is 14.2. The zero-order valence-corrected chi connectivity index (χ0v) is 25.1. The fraction of sp³-hybridized carbons (Fsp3) is 0.516. The van der Waals surface area contributed by atoms with Crippen LogP contribution in [0.5, 0.6) is 5.75 Å². The van der Waals surface area contributed by atoms with Crippen molar-refractivity contribution in [1.82, 2.24) is 4.90 Å². The molecule has 3 N–H and O–H groups in total. The number of rotatable bonds is 12. The molecule has 3 aliphatic heterocycles. The minimum atomic E-state index is -0.718. The number of thioether (sulfide) groups is 1. The predicted molar refractivity (Wildman–Crippen MR) is 162 cm³/mol. The number of likely N-dealkylation sites (tertiary alicyclic amines) is 1. The summed E-state index contributed by atoms with van der Waals surface area (Å²) in [5, 5.41) is 15.6. The van der Waals surface area contributed by atoms with Crippen LogP contribution in [-0.2, 0) is 14.4 Å². The number of halogens is 1. The minimum absolute atomic E-state index is 0.130. The van der Waals surface area contributed by atoms with Gasteiger partial charge < -0.3 is 25.4 Å². The molecule has 5 rings (SSSR count). The van der Waals surface area contributed by atoms with Crippen LogP contribution in [0.25, 0.3) is 0 Å². The van der Waals surface area contributed by atoms with Crippen molar-refractivity contribution in [3.05, 3.63) is 53.6 Å². The van der Waals surface area contributed by atoms with Gasteiger partial charge in [-0.1, -0.05) is 36.6 Å². The van der Waals surface area contributed by atoms with Gasteiger partial charge >= 0.3 is 0 Å². The molecule has 2 unspecified atom stereocenters. The third-order valence-electron chi connectivity index (χ3n) is 8.68. The zero-order valence-electron chi connectivity index (χ0n) is 23.5. The third kappa shape index (κ3) is 5.56. The fourth-order valence-electron chi connectivity index (χ4n) is 6.90. The number of nitrogens with one attached hydrogen (secondary N) is 2. The number of aliphatic hydroxyl groups is 1. The molecule has 0 aromatic heterocycles. The van der Waals surface area contributed by atoms with Gasteiger partial charge in [-0.2, -0.15) is 0 Å². The Morgan fingerprint density at radius 2 is 1.78 bits per heavy atom. The van der Waals surface area contributed by atoms with Gasteiger partial charge in [0.15, 0.2) is 0 Å². The molecule has 2 aromatic carbocycles.